The zero-order chi connectivity index (χ0) is 10.3. The van der Waals surface area contributed by atoms with Crippen molar-refractivity contribution in [3.05, 3.63) is 16.5 Å². The van der Waals surface area contributed by atoms with Crippen molar-refractivity contribution in [3.63, 3.8) is 0 Å². The molecule has 78 valence electrons. The second-order valence-electron chi connectivity index (χ2n) is 3.15. The minimum Gasteiger partial charge on any atom is -0.386 e. The number of hydrogen-bond donors (Lipinski definition) is 3. The molecule has 0 fully saturated rings. The summed E-state index contributed by atoms with van der Waals surface area (Å²) in [6.07, 6.45) is -0.626. The number of hydrogen-bond acceptors (Lipinski definition) is 5. The Morgan fingerprint density at radius 1 is 1.64 bits per heavy atom. The van der Waals surface area contributed by atoms with Crippen LogP contribution in [0.1, 0.15) is 16.5 Å². The van der Waals surface area contributed by atoms with E-state index in [0.29, 0.717) is 18.0 Å². The van der Waals surface area contributed by atoms with E-state index in [4.69, 9.17) is 5.14 Å². The van der Waals surface area contributed by atoms with E-state index < -0.39 is 16.1 Å². The summed E-state index contributed by atoms with van der Waals surface area (Å²) < 4.78 is 22.2. The third-order valence-corrected chi connectivity index (χ3v) is 4.75. The topological polar surface area (TPSA) is 92.4 Å². The van der Waals surface area contributed by atoms with Gasteiger partial charge in [0.1, 0.15) is 10.3 Å². The maximum absolute atomic E-state index is 11.0. The maximum atomic E-state index is 11.0. The number of aliphatic hydroxyl groups is 1. The molecule has 1 atom stereocenters. The molecular weight excluding hydrogens is 224 g/mol. The third-order valence-electron chi connectivity index (χ3n) is 2.06. The van der Waals surface area contributed by atoms with Gasteiger partial charge in [0.05, 0.1) is 0 Å². The first-order valence-electron chi connectivity index (χ1n) is 4.02. The molecule has 0 spiro atoms. The zero-order valence-corrected chi connectivity index (χ0v) is 8.86. The molecule has 1 aromatic rings. The van der Waals surface area contributed by atoms with Crippen molar-refractivity contribution in [3.8, 4) is 0 Å². The van der Waals surface area contributed by atoms with Crippen LogP contribution < -0.4 is 10.5 Å². The van der Waals surface area contributed by atoms with E-state index in [-0.39, 0.29) is 4.21 Å². The summed E-state index contributed by atoms with van der Waals surface area (Å²) in [6.45, 7) is 1.04. The van der Waals surface area contributed by atoms with Gasteiger partial charge >= 0.3 is 0 Å². The Bertz CT molecular complexity index is 452. The van der Waals surface area contributed by atoms with Gasteiger partial charge in [-0.2, -0.15) is 0 Å². The summed E-state index contributed by atoms with van der Waals surface area (Å²) in [4.78, 5) is 0.702. The Morgan fingerprint density at radius 3 is 2.93 bits per heavy atom. The summed E-state index contributed by atoms with van der Waals surface area (Å²) in [7, 11) is -3.64. The van der Waals surface area contributed by atoms with E-state index in [0.717, 1.165) is 16.9 Å². The molecule has 0 radical (unpaired) electrons. The molecule has 1 aromatic heterocycles. The molecule has 0 saturated heterocycles. The number of primary sulfonamides is 1. The van der Waals surface area contributed by atoms with Gasteiger partial charge in [0.2, 0.25) is 10.0 Å². The van der Waals surface area contributed by atoms with Crippen molar-refractivity contribution < 1.29 is 13.5 Å². The lowest BCUT2D eigenvalue weighted by Crippen LogP contribution is -2.26. The molecule has 0 bridgehead atoms. The van der Waals surface area contributed by atoms with Crippen LogP contribution in [-0.4, -0.2) is 20.1 Å². The predicted molar refractivity (Wildman–Crippen MR) is 52.4 cm³/mol. The van der Waals surface area contributed by atoms with Crippen LogP contribution in [0.3, 0.4) is 0 Å². The normalized spacial score (nSPS) is 22.0. The molecule has 14 heavy (non-hydrogen) atoms. The highest BCUT2D eigenvalue weighted by Crippen LogP contribution is 2.32. The van der Waals surface area contributed by atoms with Crippen molar-refractivity contribution >= 4 is 21.4 Å². The van der Waals surface area contributed by atoms with Crippen molar-refractivity contribution in [2.45, 2.75) is 16.9 Å². The minimum atomic E-state index is -3.64. The van der Waals surface area contributed by atoms with Crippen LogP contribution in [-0.2, 0) is 16.6 Å². The van der Waals surface area contributed by atoms with Gasteiger partial charge in [0, 0.05) is 18.0 Å². The fourth-order valence-corrected chi connectivity index (χ4v) is 3.35. The highest BCUT2D eigenvalue weighted by Gasteiger charge is 2.23. The van der Waals surface area contributed by atoms with Crippen LogP contribution in [0.5, 0.6) is 0 Å². The Hall–Kier alpha value is -0.470. The summed E-state index contributed by atoms with van der Waals surface area (Å²) in [6, 6.07) is 1.52. The van der Waals surface area contributed by atoms with E-state index in [2.05, 4.69) is 5.32 Å². The second-order valence-corrected chi connectivity index (χ2v) is 6.02. The molecule has 2 heterocycles. The quantitative estimate of drug-likeness (QED) is 0.612. The van der Waals surface area contributed by atoms with Crippen LogP contribution in [0.25, 0.3) is 0 Å². The average molecular weight is 234 g/mol. The monoisotopic (exact) mass is 234 g/mol. The highest BCUT2D eigenvalue weighted by molar-refractivity contribution is 7.91. The molecule has 5 nitrogen and oxygen atoms in total. The van der Waals surface area contributed by atoms with E-state index in [1.165, 1.54) is 6.07 Å². The van der Waals surface area contributed by atoms with Crippen LogP contribution in [0.4, 0.5) is 0 Å². The molecule has 4 N–H and O–H groups in total. The molecular formula is C7H10N2O3S2. The fourth-order valence-electron chi connectivity index (χ4n) is 1.41. The van der Waals surface area contributed by atoms with Gasteiger partial charge in [-0.15, -0.1) is 11.3 Å². The van der Waals surface area contributed by atoms with Gasteiger partial charge in [0.25, 0.3) is 0 Å². The molecule has 0 aromatic carbocycles. The Kier molecular flexibility index (Phi) is 2.36. The van der Waals surface area contributed by atoms with Crippen molar-refractivity contribution in [2.75, 3.05) is 6.54 Å². The second kappa shape index (κ2) is 3.28. The first-order valence-corrected chi connectivity index (χ1v) is 6.39. The van der Waals surface area contributed by atoms with Crippen molar-refractivity contribution in [1.82, 2.24) is 5.32 Å². The third kappa shape index (κ3) is 1.69. The van der Waals surface area contributed by atoms with Crippen molar-refractivity contribution in [2.24, 2.45) is 5.14 Å². The van der Waals surface area contributed by atoms with Gasteiger partial charge in [-0.1, -0.05) is 0 Å². The Balaban J connectivity index is 2.50. The molecule has 0 aliphatic carbocycles. The largest absolute Gasteiger partial charge is 0.386 e. The number of nitrogens with one attached hydrogen (secondary N) is 1. The van der Waals surface area contributed by atoms with E-state index in [9.17, 15) is 13.5 Å². The number of aliphatic hydroxyl groups excluding tert-OH is 1. The maximum Gasteiger partial charge on any atom is 0.247 e. The first-order chi connectivity index (χ1) is 6.48. The molecule has 2 rings (SSSR count). The lowest BCUT2D eigenvalue weighted by molar-refractivity contribution is 0.169. The minimum absolute atomic E-state index is 0.116. The number of fused-ring (bicyclic) bond motifs is 1. The molecule has 1 aliphatic rings. The summed E-state index contributed by atoms with van der Waals surface area (Å²) in [5.41, 5.74) is 0.817. The summed E-state index contributed by atoms with van der Waals surface area (Å²) in [5.74, 6) is 0. The first kappa shape index (κ1) is 10.1. The van der Waals surface area contributed by atoms with Crippen LogP contribution in [0, 0.1) is 0 Å². The Labute approximate surface area is 85.6 Å². The van der Waals surface area contributed by atoms with Crippen molar-refractivity contribution in [1.29, 1.82) is 0 Å². The zero-order valence-electron chi connectivity index (χ0n) is 7.23. The van der Waals surface area contributed by atoms with Gasteiger partial charge in [-0.05, 0) is 11.6 Å². The Morgan fingerprint density at radius 2 is 2.36 bits per heavy atom. The summed E-state index contributed by atoms with van der Waals surface area (Å²) >= 11 is 1.05. The summed E-state index contributed by atoms with van der Waals surface area (Å²) in [5, 5.41) is 17.5. The number of rotatable bonds is 1. The predicted octanol–water partition coefficient (Wildman–Crippen LogP) is -0.468. The van der Waals surface area contributed by atoms with E-state index >= 15 is 0 Å². The number of nitrogens with two attached hydrogens (primary N) is 1. The van der Waals surface area contributed by atoms with Gasteiger partial charge in [0.15, 0.2) is 0 Å². The van der Waals surface area contributed by atoms with Gasteiger partial charge in [-0.3, -0.25) is 0 Å². The molecule has 7 heteroatoms. The lowest BCUT2D eigenvalue weighted by atomic mass is 10.1. The molecule has 0 saturated carbocycles. The lowest BCUT2D eigenvalue weighted by Gasteiger charge is -2.17. The standard InChI is InChI=1S/C7H10N2O3S2/c8-14(11,12)6-1-4-2-9-3-5(10)7(4)13-6/h1,5,9-10H,2-3H2,(H2,8,11,12). The molecule has 0 amide bonds. The number of thiophene rings is 1. The van der Waals surface area contributed by atoms with E-state index in [1.807, 2.05) is 0 Å². The molecule has 1 aliphatic heterocycles. The average Bonchev–Trinajstić information content (AvgIpc) is 2.48. The highest BCUT2D eigenvalue weighted by atomic mass is 32.2. The van der Waals surface area contributed by atoms with Crippen LogP contribution >= 0.6 is 11.3 Å². The number of β-amino-alcohol motifs (C(OH)–C–C–N with tert-alkyl or cyclic N) is 1. The molecule has 1 unspecified atom stereocenters. The van der Waals surface area contributed by atoms with Gasteiger partial charge in [-0.25, -0.2) is 13.6 Å². The SMILES string of the molecule is NS(=O)(=O)c1cc2c(s1)C(O)CNC2. The number of sulfonamides is 1. The smallest absolute Gasteiger partial charge is 0.247 e. The van der Waals surface area contributed by atoms with Crippen LogP contribution in [0.15, 0.2) is 10.3 Å². The van der Waals surface area contributed by atoms with E-state index in [1.54, 1.807) is 0 Å². The van der Waals surface area contributed by atoms with Crippen LogP contribution in [0.2, 0.25) is 0 Å². The fraction of sp³-hybridized carbons (Fsp3) is 0.429. The van der Waals surface area contributed by atoms with Gasteiger partial charge < -0.3 is 10.4 Å².